The van der Waals surface area contributed by atoms with E-state index in [1.54, 1.807) is 35.5 Å². The number of nitrogens with zero attached hydrogens (tertiary/aromatic N) is 6. The largest absolute Gasteiger partial charge is 0.336 e. The van der Waals surface area contributed by atoms with Crippen LogP contribution in [-0.4, -0.2) is 55.7 Å². The number of benzene rings is 1. The topological polar surface area (TPSA) is 75.8 Å². The molecule has 0 atom stereocenters. The van der Waals surface area contributed by atoms with Crippen LogP contribution in [0.1, 0.15) is 29.0 Å². The Labute approximate surface area is 155 Å². The molecule has 0 radical (unpaired) electrons. The Balaban J connectivity index is 1.45. The Morgan fingerprint density at radius 1 is 1.26 bits per heavy atom. The first-order valence-corrected chi connectivity index (χ1v) is 8.78. The molecule has 0 bridgehead atoms. The fraction of sp³-hybridized carbons (Fsp3) is 0.316. The summed E-state index contributed by atoms with van der Waals surface area (Å²) in [5.41, 5.74) is 0.666. The molecule has 0 saturated carbocycles. The third kappa shape index (κ3) is 3.42. The highest BCUT2D eigenvalue weighted by atomic mass is 19.1. The fourth-order valence-corrected chi connectivity index (χ4v) is 3.46. The molecular formula is C19H19FN6O. The van der Waals surface area contributed by atoms with Crippen LogP contribution in [0, 0.1) is 5.82 Å². The molecule has 1 amide bonds. The molecular weight excluding hydrogens is 347 g/mol. The number of piperidine rings is 1. The van der Waals surface area contributed by atoms with Crippen LogP contribution in [0.5, 0.6) is 0 Å². The average Bonchev–Trinajstić information content (AvgIpc) is 3.14. The van der Waals surface area contributed by atoms with E-state index in [1.165, 1.54) is 16.6 Å². The number of fused-ring (bicyclic) bond motifs is 1. The summed E-state index contributed by atoms with van der Waals surface area (Å²) in [6.45, 7) is 4.85. The molecule has 1 aliphatic rings. The number of likely N-dealkylation sites (tertiary alicyclic amines) is 1. The zero-order valence-corrected chi connectivity index (χ0v) is 14.8. The van der Waals surface area contributed by atoms with Crippen molar-refractivity contribution in [2.45, 2.75) is 24.8 Å². The maximum absolute atomic E-state index is 13.1. The molecule has 3 heterocycles. The van der Waals surface area contributed by atoms with Crippen LogP contribution in [0.25, 0.3) is 5.78 Å². The Hall–Kier alpha value is -3.16. The van der Waals surface area contributed by atoms with E-state index in [0.29, 0.717) is 38.1 Å². The van der Waals surface area contributed by atoms with Gasteiger partial charge in [-0.25, -0.2) is 13.9 Å². The molecule has 1 aromatic carbocycles. The molecule has 0 N–H and O–H groups in total. The first-order valence-electron chi connectivity index (χ1n) is 8.78. The van der Waals surface area contributed by atoms with Crippen LogP contribution in [0.2, 0.25) is 0 Å². The van der Waals surface area contributed by atoms with E-state index in [9.17, 15) is 9.18 Å². The van der Waals surface area contributed by atoms with Crippen molar-refractivity contribution in [1.29, 1.82) is 0 Å². The summed E-state index contributed by atoms with van der Waals surface area (Å²) in [4.78, 5) is 27.1. The van der Waals surface area contributed by atoms with Crippen LogP contribution < -0.4 is 0 Å². The number of hydrogen-bond donors (Lipinski definition) is 0. The molecule has 3 aromatic rings. The van der Waals surface area contributed by atoms with Gasteiger partial charge in [-0.2, -0.15) is 4.98 Å². The quantitative estimate of drug-likeness (QED) is 0.663. The van der Waals surface area contributed by atoms with Crippen molar-refractivity contribution in [3.05, 3.63) is 59.9 Å². The molecule has 138 valence electrons. The molecule has 1 saturated heterocycles. The summed E-state index contributed by atoms with van der Waals surface area (Å²) in [5.74, 6) is 0.0803. The molecule has 7 nitrogen and oxygen atoms in total. The summed E-state index contributed by atoms with van der Waals surface area (Å²) in [6.07, 6.45) is 5.36. The molecule has 8 heteroatoms. The Morgan fingerprint density at radius 2 is 2.00 bits per heavy atom. The second kappa shape index (κ2) is 6.86. The maximum atomic E-state index is 13.1. The van der Waals surface area contributed by atoms with E-state index >= 15 is 0 Å². The van der Waals surface area contributed by atoms with Gasteiger partial charge in [-0.1, -0.05) is 12.1 Å². The van der Waals surface area contributed by atoms with Crippen molar-refractivity contribution in [2.24, 2.45) is 4.99 Å². The number of carbonyl (C=O) groups excluding carboxylic acids is 1. The monoisotopic (exact) mass is 366 g/mol. The number of rotatable bonds is 4. The molecule has 1 fully saturated rings. The van der Waals surface area contributed by atoms with Crippen LogP contribution in [-0.2, 0) is 6.42 Å². The normalized spacial score (nSPS) is 16.4. The lowest BCUT2D eigenvalue weighted by Crippen LogP contribution is -2.47. The summed E-state index contributed by atoms with van der Waals surface area (Å²) in [6, 6.07) is 8.18. The van der Waals surface area contributed by atoms with Crippen LogP contribution in [0.4, 0.5) is 4.39 Å². The zero-order chi connectivity index (χ0) is 18.9. The first-order chi connectivity index (χ1) is 13.1. The number of halogens is 1. The van der Waals surface area contributed by atoms with Gasteiger partial charge >= 0.3 is 0 Å². The molecule has 1 aliphatic heterocycles. The molecule has 27 heavy (non-hydrogen) atoms. The predicted molar refractivity (Wildman–Crippen MR) is 98.3 cm³/mol. The fourth-order valence-electron chi connectivity index (χ4n) is 3.46. The van der Waals surface area contributed by atoms with Gasteiger partial charge < -0.3 is 4.90 Å². The van der Waals surface area contributed by atoms with Gasteiger partial charge in [0.05, 0.1) is 5.54 Å². The van der Waals surface area contributed by atoms with Gasteiger partial charge in [0, 0.05) is 25.5 Å². The van der Waals surface area contributed by atoms with Gasteiger partial charge in [0.2, 0.25) is 5.82 Å². The second-order valence-corrected chi connectivity index (χ2v) is 6.78. The van der Waals surface area contributed by atoms with E-state index in [1.807, 2.05) is 0 Å². The van der Waals surface area contributed by atoms with Crippen molar-refractivity contribution < 1.29 is 9.18 Å². The van der Waals surface area contributed by atoms with Crippen molar-refractivity contribution >= 4 is 18.4 Å². The zero-order valence-electron chi connectivity index (χ0n) is 14.8. The van der Waals surface area contributed by atoms with E-state index in [4.69, 9.17) is 0 Å². The van der Waals surface area contributed by atoms with E-state index in [2.05, 4.69) is 26.8 Å². The third-order valence-electron chi connectivity index (χ3n) is 5.07. The highest BCUT2D eigenvalue weighted by Gasteiger charge is 2.36. The highest BCUT2D eigenvalue weighted by Crippen LogP contribution is 2.30. The van der Waals surface area contributed by atoms with Crippen molar-refractivity contribution in [1.82, 2.24) is 24.5 Å². The second-order valence-electron chi connectivity index (χ2n) is 6.78. The number of aliphatic imine (C=N–C) groups is 1. The van der Waals surface area contributed by atoms with Gasteiger partial charge in [-0.05, 0) is 49.7 Å². The lowest BCUT2D eigenvalue weighted by molar-refractivity contribution is 0.0661. The molecule has 2 aromatic heterocycles. The smallest absolute Gasteiger partial charge is 0.293 e. The van der Waals surface area contributed by atoms with Crippen molar-refractivity contribution in [3.8, 4) is 0 Å². The SMILES string of the molecule is C=NC1(Cc2ccc(F)cc2)CCN(C(=O)c2nc3ncccn3n2)CC1. The summed E-state index contributed by atoms with van der Waals surface area (Å²) >= 11 is 0. The van der Waals surface area contributed by atoms with Crippen molar-refractivity contribution in [2.75, 3.05) is 13.1 Å². The summed E-state index contributed by atoms with van der Waals surface area (Å²) in [5, 5.41) is 4.20. The third-order valence-corrected chi connectivity index (χ3v) is 5.07. The first kappa shape index (κ1) is 17.3. The highest BCUT2D eigenvalue weighted by molar-refractivity contribution is 5.91. The number of amides is 1. The minimum atomic E-state index is -0.345. The van der Waals surface area contributed by atoms with Crippen LogP contribution in [0.15, 0.2) is 47.7 Å². The van der Waals surface area contributed by atoms with Gasteiger partial charge in [0.15, 0.2) is 0 Å². The minimum Gasteiger partial charge on any atom is -0.336 e. The van der Waals surface area contributed by atoms with E-state index in [0.717, 1.165) is 5.56 Å². The maximum Gasteiger partial charge on any atom is 0.293 e. The number of carbonyl (C=O) groups is 1. The molecule has 0 spiro atoms. The molecule has 0 aliphatic carbocycles. The molecule has 4 rings (SSSR count). The van der Waals surface area contributed by atoms with E-state index < -0.39 is 0 Å². The lowest BCUT2D eigenvalue weighted by atomic mass is 9.82. The average molecular weight is 366 g/mol. The Kier molecular flexibility index (Phi) is 4.39. The number of hydrogen-bond acceptors (Lipinski definition) is 5. The summed E-state index contributed by atoms with van der Waals surface area (Å²) < 4.78 is 14.6. The van der Waals surface area contributed by atoms with Gasteiger partial charge in [0.25, 0.3) is 11.7 Å². The molecule has 0 unspecified atom stereocenters. The van der Waals surface area contributed by atoms with Gasteiger partial charge in [0.1, 0.15) is 5.82 Å². The van der Waals surface area contributed by atoms with Crippen LogP contribution >= 0.6 is 0 Å². The minimum absolute atomic E-state index is 0.145. The van der Waals surface area contributed by atoms with Crippen LogP contribution in [0.3, 0.4) is 0 Å². The predicted octanol–water partition coefficient (Wildman–Crippen LogP) is 2.18. The Bertz CT molecular complexity index is 942. The Morgan fingerprint density at radius 3 is 2.67 bits per heavy atom. The number of aromatic nitrogens is 4. The standard InChI is InChI=1S/C19H19FN6O/c1-21-19(13-14-3-5-15(20)6-4-14)7-11-25(12-8-19)17(27)16-23-18-22-9-2-10-26(18)24-16/h2-6,9-10H,1,7-8,11-13H2. The summed E-state index contributed by atoms with van der Waals surface area (Å²) in [7, 11) is 0. The van der Waals surface area contributed by atoms with Gasteiger partial charge in [-0.15, -0.1) is 5.10 Å². The lowest BCUT2D eigenvalue weighted by Gasteiger charge is -2.38. The van der Waals surface area contributed by atoms with Gasteiger partial charge in [-0.3, -0.25) is 9.79 Å². The van der Waals surface area contributed by atoms with Crippen molar-refractivity contribution in [3.63, 3.8) is 0 Å². The van der Waals surface area contributed by atoms with E-state index in [-0.39, 0.29) is 23.1 Å².